The lowest BCUT2D eigenvalue weighted by atomic mass is 9.70. The lowest BCUT2D eigenvalue weighted by Crippen LogP contribution is -2.26. The molecule has 0 aliphatic heterocycles. The van der Waals surface area contributed by atoms with Gasteiger partial charge in [0, 0.05) is 38.6 Å². The minimum absolute atomic E-state index is 0.457. The summed E-state index contributed by atoms with van der Waals surface area (Å²) in [6.45, 7) is 0. The van der Waals surface area contributed by atoms with E-state index in [4.69, 9.17) is 8.83 Å². The molecule has 2 heterocycles. The fraction of sp³-hybridized carbons (Fsp3) is 0.0164. The maximum Gasteiger partial charge on any atom is 0.136 e. The summed E-state index contributed by atoms with van der Waals surface area (Å²) >= 11 is 0. The zero-order valence-electron chi connectivity index (χ0n) is 34.6. The van der Waals surface area contributed by atoms with Crippen molar-refractivity contribution in [3.63, 3.8) is 0 Å². The molecule has 64 heavy (non-hydrogen) atoms. The highest BCUT2D eigenvalue weighted by atomic mass is 16.3. The molecule has 0 bridgehead atoms. The lowest BCUT2D eigenvalue weighted by molar-refractivity contribution is 0.664. The van der Waals surface area contributed by atoms with Gasteiger partial charge in [-0.25, -0.2) is 0 Å². The third-order valence-corrected chi connectivity index (χ3v) is 13.9. The van der Waals surface area contributed by atoms with Gasteiger partial charge in [-0.3, -0.25) is 0 Å². The highest BCUT2D eigenvalue weighted by molar-refractivity contribution is 6.18. The molecule has 1 spiro atoms. The summed E-state index contributed by atoms with van der Waals surface area (Å²) in [4.78, 5) is 2.41. The molecule has 10 aromatic carbocycles. The van der Waals surface area contributed by atoms with Gasteiger partial charge in [0.15, 0.2) is 0 Å². The first-order valence-corrected chi connectivity index (χ1v) is 22.0. The molecule has 0 saturated heterocycles. The van der Waals surface area contributed by atoms with Gasteiger partial charge in [-0.05, 0) is 127 Å². The molecular formula is C61H37NO2. The lowest BCUT2D eigenvalue weighted by Gasteiger charge is -2.32. The van der Waals surface area contributed by atoms with Crippen LogP contribution in [0.3, 0.4) is 0 Å². The largest absolute Gasteiger partial charge is 0.456 e. The Labute approximate surface area is 369 Å². The van der Waals surface area contributed by atoms with Gasteiger partial charge < -0.3 is 13.7 Å². The van der Waals surface area contributed by atoms with E-state index < -0.39 is 5.41 Å². The fourth-order valence-electron chi connectivity index (χ4n) is 11.2. The smallest absolute Gasteiger partial charge is 0.136 e. The first-order chi connectivity index (χ1) is 31.7. The maximum atomic E-state index is 6.70. The summed E-state index contributed by atoms with van der Waals surface area (Å²) in [6.07, 6.45) is 0. The third kappa shape index (κ3) is 4.86. The Morgan fingerprint density at radius 1 is 0.281 bits per heavy atom. The maximum absolute atomic E-state index is 6.70. The molecule has 0 radical (unpaired) electrons. The Morgan fingerprint density at radius 3 is 1.45 bits per heavy atom. The summed E-state index contributed by atoms with van der Waals surface area (Å²) in [5.41, 5.74) is 21.2. The fourth-order valence-corrected chi connectivity index (χ4v) is 11.2. The van der Waals surface area contributed by atoms with Crippen molar-refractivity contribution in [3.05, 3.63) is 247 Å². The van der Waals surface area contributed by atoms with Crippen molar-refractivity contribution >= 4 is 60.9 Å². The second-order valence-electron chi connectivity index (χ2n) is 17.1. The van der Waals surface area contributed by atoms with Crippen molar-refractivity contribution in [3.8, 4) is 44.5 Å². The van der Waals surface area contributed by atoms with E-state index in [1.54, 1.807) is 0 Å². The second-order valence-corrected chi connectivity index (χ2v) is 17.1. The monoisotopic (exact) mass is 815 g/mol. The Balaban J connectivity index is 0.984. The first-order valence-electron chi connectivity index (χ1n) is 22.0. The topological polar surface area (TPSA) is 29.5 Å². The summed E-state index contributed by atoms with van der Waals surface area (Å²) in [5.74, 6) is 0. The minimum atomic E-state index is -0.457. The number of rotatable bonds is 5. The molecule has 2 aliphatic carbocycles. The van der Waals surface area contributed by atoms with Crippen molar-refractivity contribution in [2.75, 3.05) is 4.90 Å². The minimum Gasteiger partial charge on any atom is -0.456 e. The van der Waals surface area contributed by atoms with Gasteiger partial charge in [0.25, 0.3) is 0 Å². The van der Waals surface area contributed by atoms with Crippen molar-refractivity contribution in [1.29, 1.82) is 0 Å². The molecule has 0 N–H and O–H groups in total. The average Bonchev–Trinajstić information content (AvgIpc) is 4.09. The van der Waals surface area contributed by atoms with E-state index in [0.717, 1.165) is 72.1 Å². The van der Waals surface area contributed by atoms with Crippen LogP contribution >= 0.6 is 0 Å². The number of benzene rings is 10. The summed E-state index contributed by atoms with van der Waals surface area (Å²) in [6, 6.07) is 81.4. The van der Waals surface area contributed by atoms with E-state index in [0.29, 0.717) is 0 Å². The van der Waals surface area contributed by atoms with Crippen molar-refractivity contribution in [2.45, 2.75) is 5.41 Å². The van der Waals surface area contributed by atoms with Crippen LogP contribution < -0.4 is 4.90 Å². The highest BCUT2D eigenvalue weighted by Crippen LogP contribution is 2.63. The molecule has 298 valence electrons. The molecule has 2 aliphatic rings. The summed E-state index contributed by atoms with van der Waals surface area (Å²) in [7, 11) is 0. The van der Waals surface area contributed by atoms with E-state index >= 15 is 0 Å². The molecule has 3 heteroatoms. The van der Waals surface area contributed by atoms with Crippen LogP contribution in [-0.2, 0) is 5.41 Å². The van der Waals surface area contributed by atoms with Gasteiger partial charge in [0.05, 0.1) is 5.41 Å². The van der Waals surface area contributed by atoms with E-state index in [1.165, 1.54) is 55.6 Å². The summed E-state index contributed by atoms with van der Waals surface area (Å²) in [5, 5.41) is 4.20. The number of hydrogen-bond donors (Lipinski definition) is 0. The number of furan rings is 2. The van der Waals surface area contributed by atoms with Crippen LogP contribution in [0.25, 0.3) is 88.4 Å². The zero-order valence-corrected chi connectivity index (χ0v) is 34.6. The van der Waals surface area contributed by atoms with Gasteiger partial charge in [-0.15, -0.1) is 0 Å². The van der Waals surface area contributed by atoms with Crippen molar-refractivity contribution < 1.29 is 8.83 Å². The van der Waals surface area contributed by atoms with Crippen molar-refractivity contribution in [1.82, 2.24) is 0 Å². The molecule has 2 aromatic heterocycles. The van der Waals surface area contributed by atoms with Crippen LogP contribution in [0.5, 0.6) is 0 Å². The number of nitrogens with zero attached hydrogens (tertiary/aromatic N) is 1. The number of anilines is 3. The summed E-state index contributed by atoms with van der Waals surface area (Å²) < 4.78 is 13.3. The molecule has 0 saturated carbocycles. The Morgan fingerprint density at radius 2 is 0.766 bits per heavy atom. The quantitative estimate of drug-likeness (QED) is 0.173. The second kappa shape index (κ2) is 13.3. The van der Waals surface area contributed by atoms with E-state index in [9.17, 15) is 0 Å². The van der Waals surface area contributed by atoms with Crippen LogP contribution in [0.4, 0.5) is 17.1 Å². The van der Waals surface area contributed by atoms with Gasteiger partial charge in [0.1, 0.15) is 22.3 Å². The molecule has 14 rings (SSSR count). The van der Waals surface area contributed by atoms with Gasteiger partial charge in [-0.2, -0.15) is 0 Å². The highest BCUT2D eigenvalue weighted by Gasteiger charge is 2.51. The Kier molecular flexibility index (Phi) is 7.32. The van der Waals surface area contributed by atoms with Crippen LogP contribution in [0.1, 0.15) is 22.3 Å². The van der Waals surface area contributed by atoms with Gasteiger partial charge >= 0.3 is 0 Å². The molecular weight excluding hydrogens is 779 g/mol. The predicted molar refractivity (Wildman–Crippen MR) is 263 cm³/mol. The van der Waals surface area contributed by atoms with E-state index in [-0.39, 0.29) is 0 Å². The number of hydrogen-bond acceptors (Lipinski definition) is 3. The SMILES string of the molecule is c1ccc(-c2ccc(N(c3ccc4c(c3)C3(c5ccccc5-c5ccccc53)c3ccccc3-4)c3ccc4oc5cc6c(cc5c4c3)oc3cccc(-c4ccccc4)c36)cc2)cc1. The molecule has 0 amide bonds. The predicted octanol–water partition coefficient (Wildman–Crippen LogP) is 16.6. The van der Waals surface area contributed by atoms with Crippen LogP contribution in [0, 0.1) is 0 Å². The normalized spacial score (nSPS) is 13.1. The third-order valence-electron chi connectivity index (χ3n) is 13.9. The molecule has 0 atom stereocenters. The molecule has 12 aromatic rings. The molecule has 0 fully saturated rings. The Hall–Kier alpha value is -8.40. The average molecular weight is 816 g/mol. The van der Waals surface area contributed by atoms with E-state index in [1.807, 2.05) is 0 Å². The van der Waals surface area contributed by atoms with E-state index in [2.05, 4.69) is 229 Å². The van der Waals surface area contributed by atoms with Gasteiger partial charge in [0.2, 0.25) is 0 Å². The van der Waals surface area contributed by atoms with Crippen LogP contribution in [-0.4, -0.2) is 0 Å². The van der Waals surface area contributed by atoms with Crippen LogP contribution in [0.2, 0.25) is 0 Å². The molecule has 0 unspecified atom stereocenters. The first kappa shape index (κ1) is 35.2. The molecule has 3 nitrogen and oxygen atoms in total. The van der Waals surface area contributed by atoms with Crippen molar-refractivity contribution in [2.24, 2.45) is 0 Å². The number of fused-ring (bicyclic) bond motifs is 16. The standard InChI is InChI=1S/C61H37NO2/c1-3-14-38(15-4-1)39-26-28-41(29-27-39)62(43-30-32-48-47-20-9-12-24-54(47)61(55(48)35-43)52-22-10-7-18-45(52)46-19-8-11-23-53(46)61)42-31-33-56-49(34-42)50-36-59-51(37-58(50)63-56)60-44(21-13-25-57(60)64-59)40-16-5-2-6-17-40/h1-37H. The van der Waals surface area contributed by atoms with Crippen LogP contribution in [0.15, 0.2) is 233 Å². The Bertz CT molecular complexity index is 3780. The zero-order chi connectivity index (χ0) is 41.9. The van der Waals surface area contributed by atoms with Gasteiger partial charge in [-0.1, -0.05) is 164 Å².